The number of phenols is 2. The molecule has 0 radical (unpaired) electrons. The summed E-state index contributed by atoms with van der Waals surface area (Å²) in [4.78, 5) is 0. The average molecular weight is 401 g/mol. The van der Waals surface area contributed by atoms with Gasteiger partial charge in [-0.05, 0) is 75.0 Å². The van der Waals surface area contributed by atoms with E-state index in [1.54, 1.807) is 0 Å². The van der Waals surface area contributed by atoms with E-state index in [9.17, 15) is 10.2 Å². The van der Waals surface area contributed by atoms with Gasteiger partial charge in [-0.25, -0.2) is 0 Å². The van der Waals surface area contributed by atoms with Gasteiger partial charge in [-0.3, -0.25) is 0 Å². The molecule has 0 fully saturated rings. The van der Waals surface area contributed by atoms with Gasteiger partial charge in [-0.2, -0.15) is 0 Å². The Morgan fingerprint density at radius 1 is 1.00 bits per heavy atom. The first-order valence-corrected chi connectivity index (χ1v) is 7.68. The fourth-order valence-electron chi connectivity index (χ4n) is 1.94. The zero-order valence-electron chi connectivity index (χ0n) is 11.2. The van der Waals surface area contributed by atoms with Gasteiger partial charge in [0.25, 0.3) is 0 Å². The number of hydrogen-bond donors (Lipinski definition) is 3. The Bertz CT molecular complexity index is 634. The Morgan fingerprint density at radius 3 is 2.20 bits per heavy atom. The minimum atomic E-state index is 0.193. The van der Waals surface area contributed by atoms with Crippen LogP contribution in [0, 0.1) is 13.8 Å². The molecule has 2 aromatic carbocycles. The van der Waals surface area contributed by atoms with Crippen LogP contribution in [-0.2, 0) is 6.54 Å². The number of hydrogen-bond acceptors (Lipinski definition) is 3. The van der Waals surface area contributed by atoms with Gasteiger partial charge in [-0.1, -0.05) is 6.07 Å². The zero-order chi connectivity index (χ0) is 14.9. The third kappa shape index (κ3) is 3.10. The van der Waals surface area contributed by atoms with Crippen LogP contribution in [-0.4, -0.2) is 10.2 Å². The maximum Gasteiger partial charge on any atom is 0.143 e. The largest absolute Gasteiger partial charge is 0.507 e. The molecule has 0 aliphatic rings. The van der Waals surface area contributed by atoms with Gasteiger partial charge in [-0.15, -0.1) is 0 Å². The number of aryl methyl sites for hydroxylation is 1. The van der Waals surface area contributed by atoms with Crippen LogP contribution in [0.5, 0.6) is 11.5 Å². The Hall–Kier alpha value is -1.20. The summed E-state index contributed by atoms with van der Waals surface area (Å²) in [5.41, 5.74) is 3.61. The summed E-state index contributed by atoms with van der Waals surface area (Å²) in [5, 5.41) is 22.9. The van der Waals surface area contributed by atoms with Crippen molar-refractivity contribution in [3.63, 3.8) is 0 Å². The summed E-state index contributed by atoms with van der Waals surface area (Å²) >= 11 is 6.62. The van der Waals surface area contributed by atoms with E-state index in [0.29, 0.717) is 21.2 Å². The highest BCUT2D eigenvalue weighted by Gasteiger charge is 2.08. The first-order valence-electron chi connectivity index (χ1n) is 6.10. The third-order valence-corrected chi connectivity index (χ3v) is 4.40. The molecule has 0 aromatic heterocycles. The van der Waals surface area contributed by atoms with Gasteiger partial charge in [0.05, 0.1) is 8.95 Å². The molecule has 0 unspecified atom stereocenters. The second-order valence-electron chi connectivity index (χ2n) is 4.67. The molecule has 106 valence electrons. The highest BCUT2D eigenvalue weighted by Crippen LogP contribution is 2.34. The molecule has 0 atom stereocenters. The molecule has 0 heterocycles. The van der Waals surface area contributed by atoms with Crippen LogP contribution in [0.4, 0.5) is 5.69 Å². The Morgan fingerprint density at radius 2 is 1.60 bits per heavy atom. The van der Waals surface area contributed by atoms with Crippen LogP contribution in [0.1, 0.15) is 16.7 Å². The summed E-state index contributed by atoms with van der Waals surface area (Å²) in [6.07, 6.45) is 0. The van der Waals surface area contributed by atoms with Crippen molar-refractivity contribution in [1.82, 2.24) is 0 Å². The Kier molecular flexibility index (Phi) is 4.60. The van der Waals surface area contributed by atoms with E-state index in [1.807, 2.05) is 38.1 Å². The zero-order valence-corrected chi connectivity index (χ0v) is 14.3. The molecule has 0 aliphatic carbocycles. The predicted molar refractivity (Wildman–Crippen MR) is 88.4 cm³/mol. The average Bonchev–Trinajstić information content (AvgIpc) is 2.41. The standard InChI is InChI=1S/C15H15Br2NO2/c1-8-3-4-13(9(2)14(8)19)18-7-10-5-11(16)15(20)12(17)6-10/h3-6,18-20H,7H2,1-2H3. The number of benzene rings is 2. The molecule has 0 spiro atoms. The molecule has 3 nitrogen and oxygen atoms in total. The Labute approximate surface area is 134 Å². The summed E-state index contributed by atoms with van der Waals surface area (Å²) in [5.74, 6) is 0.515. The van der Waals surface area contributed by atoms with Crippen LogP contribution in [0.25, 0.3) is 0 Å². The topological polar surface area (TPSA) is 52.5 Å². The van der Waals surface area contributed by atoms with Crippen LogP contribution >= 0.6 is 31.9 Å². The third-order valence-electron chi connectivity index (χ3n) is 3.19. The summed E-state index contributed by atoms with van der Waals surface area (Å²) in [6, 6.07) is 7.55. The first kappa shape index (κ1) is 15.2. The minimum absolute atomic E-state index is 0.193. The molecule has 2 rings (SSSR count). The van der Waals surface area contributed by atoms with Gasteiger partial charge < -0.3 is 15.5 Å². The second-order valence-corrected chi connectivity index (χ2v) is 6.37. The van der Waals surface area contributed by atoms with Crippen LogP contribution in [0.15, 0.2) is 33.2 Å². The first-order chi connectivity index (χ1) is 9.40. The molecule has 0 bridgehead atoms. The maximum absolute atomic E-state index is 9.92. The van der Waals surface area contributed by atoms with E-state index in [4.69, 9.17) is 0 Å². The highest BCUT2D eigenvalue weighted by atomic mass is 79.9. The lowest BCUT2D eigenvalue weighted by molar-refractivity contribution is 0.467. The fraction of sp³-hybridized carbons (Fsp3) is 0.200. The predicted octanol–water partition coefficient (Wildman–Crippen LogP) is 4.85. The molecule has 0 saturated carbocycles. The molecule has 2 aromatic rings. The van der Waals surface area contributed by atoms with Crippen molar-refractivity contribution in [2.24, 2.45) is 0 Å². The summed E-state index contributed by atoms with van der Waals surface area (Å²) in [7, 11) is 0. The van der Waals surface area contributed by atoms with Gasteiger partial charge in [0.15, 0.2) is 0 Å². The van der Waals surface area contributed by atoms with Gasteiger partial charge in [0, 0.05) is 17.8 Å². The van der Waals surface area contributed by atoms with Gasteiger partial charge in [0.2, 0.25) is 0 Å². The maximum atomic E-state index is 9.92. The van der Waals surface area contributed by atoms with Crippen molar-refractivity contribution < 1.29 is 10.2 Å². The van der Waals surface area contributed by atoms with Crippen LogP contribution in [0.2, 0.25) is 0 Å². The summed E-state index contributed by atoms with van der Waals surface area (Å²) < 4.78 is 1.29. The van der Waals surface area contributed by atoms with Crippen LogP contribution in [0.3, 0.4) is 0 Å². The van der Waals surface area contributed by atoms with Gasteiger partial charge in [0.1, 0.15) is 11.5 Å². The van der Waals surface area contributed by atoms with Crippen molar-refractivity contribution in [3.05, 3.63) is 49.9 Å². The lowest BCUT2D eigenvalue weighted by atomic mass is 10.1. The van der Waals surface area contributed by atoms with Crippen molar-refractivity contribution in [2.75, 3.05) is 5.32 Å². The van der Waals surface area contributed by atoms with E-state index in [2.05, 4.69) is 37.2 Å². The van der Waals surface area contributed by atoms with Crippen molar-refractivity contribution >= 4 is 37.5 Å². The number of rotatable bonds is 3. The van der Waals surface area contributed by atoms with E-state index in [-0.39, 0.29) is 5.75 Å². The van der Waals surface area contributed by atoms with Crippen molar-refractivity contribution in [1.29, 1.82) is 0 Å². The SMILES string of the molecule is Cc1ccc(NCc2cc(Br)c(O)c(Br)c2)c(C)c1O. The smallest absolute Gasteiger partial charge is 0.143 e. The minimum Gasteiger partial charge on any atom is -0.507 e. The molecule has 3 N–H and O–H groups in total. The number of nitrogens with one attached hydrogen (secondary N) is 1. The normalized spacial score (nSPS) is 10.6. The molecule has 0 aliphatic heterocycles. The quantitative estimate of drug-likeness (QED) is 0.690. The molecule has 0 saturated heterocycles. The van der Waals surface area contributed by atoms with Gasteiger partial charge >= 0.3 is 0 Å². The fourth-order valence-corrected chi connectivity index (χ4v) is 3.23. The molecule has 0 amide bonds. The number of aromatic hydroxyl groups is 2. The van der Waals surface area contributed by atoms with Crippen LogP contribution < -0.4 is 5.32 Å². The van der Waals surface area contributed by atoms with Crippen molar-refractivity contribution in [3.8, 4) is 11.5 Å². The monoisotopic (exact) mass is 399 g/mol. The second kappa shape index (κ2) is 6.06. The molecule has 5 heteroatoms. The highest BCUT2D eigenvalue weighted by molar-refractivity contribution is 9.11. The van der Waals surface area contributed by atoms with E-state index < -0.39 is 0 Å². The number of halogens is 2. The molecular formula is C15H15Br2NO2. The number of phenolic OH excluding ortho intramolecular Hbond substituents is 2. The van der Waals surface area contributed by atoms with E-state index in [0.717, 1.165) is 22.4 Å². The lowest BCUT2D eigenvalue weighted by Crippen LogP contribution is -2.01. The Balaban J connectivity index is 2.19. The van der Waals surface area contributed by atoms with Crippen molar-refractivity contribution in [2.45, 2.75) is 20.4 Å². The van der Waals surface area contributed by atoms with E-state index >= 15 is 0 Å². The van der Waals surface area contributed by atoms with E-state index in [1.165, 1.54) is 0 Å². The molecular weight excluding hydrogens is 386 g/mol. The summed E-state index contributed by atoms with van der Waals surface area (Å²) in [6.45, 7) is 4.36. The number of anilines is 1. The lowest BCUT2D eigenvalue weighted by Gasteiger charge is -2.13. The molecule has 20 heavy (non-hydrogen) atoms.